The minimum absolute atomic E-state index is 0.0544. The smallest absolute Gasteiger partial charge is 0.258 e. The molecule has 0 saturated carbocycles. The van der Waals surface area contributed by atoms with E-state index in [-0.39, 0.29) is 18.6 Å². The van der Waals surface area contributed by atoms with Gasteiger partial charge in [0.15, 0.2) is 6.61 Å². The number of imidazole rings is 1. The van der Waals surface area contributed by atoms with E-state index in [0.29, 0.717) is 10.8 Å². The lowest BCUT2D eigenvalue weighted by Crippen LogP contribution is -2.32. The number of amides is 1. The number of fused-ring (bicyclic) bond motifs is 1. The van der Waals surface area contributed by atoms with Crippen molar-refractivity contribution in [3.63, 3.8) is 0 Å². The third-order valence-electron chi connectivity index (χ3n) is 4.37. The fourth-order valence-corrected chi connectivity index (χ4v) is 3.13. The fourth-order valence-electron chi connectivity index (χ4n) is 3.00. The molecule has 0 bridgehead atoms. The number of ether oxygens (including phenoxy) is 1. The predicted molar refractivity (Wildman–Crippen MR) is 108 cm³/mol. The van der Waals surface area contributed by atoms with Crippen LogP contribution in [0, 0.1) is 0 Å². The molecular weight excluding hydrogens is 362 g/mol. The van der Waals surface area contributed by atoms with Crippen molar-refractivity contribution in [3.05, 3.63) is 59.4 Å². The Morgan fingerprint density at radius 2 is 1.96 bits per heavy atom. The number of hydrogen-bond acceptors (Lipinski definition) is 3. The Morgan fingerprint density at radius 3 is 2.70 bits per heavy atom. The van der Waals surface area contributed by atoms with Crippen LogP contribution in [0.3, 0.4) is 0 Å². The van der Waals surface area contributed by atoms with Gasteiger partial charge in [-0.2, -0.15) is 0 Å². The molecule has 27 heavy (non-hydrogen) atoms. The van der Waals surface area contributed by atoms with Crippen molar-refractivity contribution in [1.82, 2.24) is 14.9 Å². The van der Waals surface area contributed by atoms with Crippen LogP contribution in [-0.4, -0.2) is 22.1 Å². The maximum atomic E-state index is 12.3. The number of nitrogens with one attached hydrogen (secondary N) is 1. The molecule has 1 aromatic heterocycles. The van der Waals surface area contributed by atoms with Gasteiger partial charge in [0.05, 0.1) is 17.1 Å². The maximum Gasteiger partial charge on any atom is 0.258 e. The Labute approximate surface area is 164 Å². The molecule has 1 heterocycles. The number of aromatic nitrogens is 2. The molecule has 0 aliphatic heterocycles. The molecule has 2 aromatic carbocycles. The first-order chi connectivity index (χ1) is 13.1. The molecule has 3 rings (SSSR count). The number of carbonyl (C=O) groups is 1. The lowest BCUT2D eigenvalue weighted by molar-refractivity contribution is -0.123. The Bertz CT molecular complexity index is 905. The zero-order valence-electron chi connectivity index (χ0n) is 15.6. The summed E-state index contributed by atoms with van der Waals surface area (Å²) in [7, 11) is 0. The van der Waals surface area contributed by atoms with Crippen molar-refractivity contribution in [2.45, 2.75) is 39.3 Å². The zero-order valence-corrected chi connectivity index (χ0v) is 16.4. The summed E-state index contributed by atoms with van der Waals surface area (Å²) in [6, 6.07) is 14.8. The summed E-state index contributed by atoms with van der Waals surface area (Å²) in [6.07, 6.45) is 2.16. The lowest BCUT2D eigenvalue weighted by atomic mass is 10.2. The molecule has 1 amide bonds. The highest BCUT2D eigenvalue weighted by atomic mass is 35.5. The Morgan fingerprint density at radius 1 is 1.22 bits per heavy atom. The molecule has 0 aliphatic rings. The van der Waals surface area contributed by atoms with E-state index in [4.69, 9.17) is 21.3 Å². The molecule has 5 nitrogen and oxygen atoms in total. The topological polar surface area (TPSA) is 56.2 Å². The second-order valence-corrected chi connectivity index (χ2v) is 6.93. The van der Waals surface area contributed by atoms with Gasteiger partial charge in [-0.25, -0.2) is 4.98 Å². The predicted octanol–water partition coefficient (Wildman–Crippen LogP) is 4.75. The maximum absolute atomic E-state index is 12.3. The van der Waals surface area contributed by atoms with Crippen molar-refractivity contribution < 1.29 is 9.53 Å². The van der Waals surface area contributed by atoms with Gasteiger partial charge in [-0.15, -0.1) is 0 Å². The summed E-state index contributed by atoms with van der Waals surface area (Å²) < 4.78 is 7.71. The Kier molecular flexibility index (Phi) is 6.35. The van der Waals surface area contributed by atoms with Crippen LogP contribution in [0.1, 0.15) is 38.6 Å². The van der Waals surface area contributed by atoms with Gasteiger partial charge in [-0.3, -0.25) is 4.79 Å². The van der Waals surface area contributed by atoms with Crippen LogP contribution in [0.15, 0.2) is 48.5 Å². The Balaban J connectivity index is 1.68. The van der Waals surface area contributed by atoms with Crippen LogP contribution in [0.25, 0.3) is 11.0 Å². The van der Waals surface area contributed by atoms with Gasteiger partial charge < -0.3 is 14.6 Å². The highest BCUT2D eigenvalue weighted by molar-refractivity contribution is 6.30. The molecule has 0 saturated heterocycles. The van der Waals surface area contributed by atoms with Crippen LogP contribution < -0.4 is 10.1 Å². The molecule has 1 unspecified atom stereocenters. The normalized spacial score (nSPS) is 12.1. The minimum Gasteiger partial charge on any atom is -0.484 e. The third-order valence-corrected chi connectivity index (χ3v) is 4.62. The van der Waals surface area contributed by atoms with E-state index in [0.717, 1.165) is 36.2 Å². The fraction of sp³-hybridized carbons (Fsp3) is 0.333. The average Bonchev–Trinajstić information content (AvgIpc) is 3.04. The standard InChI is InChI=1S/C21H24ClN3O2/c1-3-4-13-25-19-8-6-5-7-18(19)24-21(25)15(2)23-20(26)14-27-17-11-9-16(22)10-12-17/h5-12,15H,3-4,13-14H2,1-2H3,(H,23,26). The summed E-state index contributed by atoms with van der Waals surface area (Å²) >= 11 is 5.85. The van der Waals surface area contributed by atoms with E-state index in [1.165, 1.54) is 0 Å². The summed E-state index contributed by atoms with van der Waals surface area (Å²) in [5.41, 5.74) is 2.04. The second-order valence-electron chi connectivity index (χ2n) is 6.50. The third kappa shape index (κ3) is 4.80. The first-order valence-corrected chi connectivity index (χ1v) is 9.59. The Hall–Kier alpha value is -2.53. The van der Waals surface area contributed by atoms with Crippen LogP contribution in [-0.2, 0) is 11.3 Å². The molecular formula is C21H24ClN3O2. The molecule has 0 spiro atoms. The monoisotopic (exact) mass is 385 g/mol. The van der Waals surface area contributed by atoms with Crippen molar-refractivity contribution in [1.29, 1.82) is 0 Å². The van der Waals surface area contributed by atoms with Gasteiger partial charge in [0.1, 0.15) is 11.6 Å². The number of carbonyl (C=O) groups excluding carboxylic acids is 1. The summed E-state index contributed by atoms with van der Waals surface area (Å²) in [6.45, 7) is 4.94. The molecule has 0 fully saturated rings. The molecule has 0 aliphatic carbocycles. The second kappa shape index (κ2) is 8.91. The number of nitrogens with zero attached hydrogens (tertiary/aromatic N) is 2. The molecule has 142 valence electrons. The van der Waals surface area contributed by atoms with Gasteiger partial charge in [0, 0.05) is 11.6 Å². The number of hydrogen-bond donors (Lipinski definition) is 1. The van der Waals surface area contributed by atoms with Crippen LogP contribution in [0.5, 0.6) is 5.75 Å². The van der Waals surface area contributed by atoms with E-state index in [1.54, 1.807) is 24.3 Å². The van der Waals surface area contributed by atoms with Gasteiger partial charge in [0.2, 0.25) is 0 Å². The van der Waals surface area contributed by atoms with E-state index < -0.39 is 0 Å². The first-order valence-electron chi connectivity index (χ1n) is 9.21. The van der Waals surface area contributed by atoms with E-state index in [9.17, 15) is 4.79 Å². The van der Waals surface area contributed by atoms with Gasteiger partial charge in [-0.1, -0.05) is 37.1 Å². The van der Waals surface area contributed by atoms with E-state index in [1.807, 2.05) is 25.1 Å². The quantitative estimate of drug-likeness (QED) is 0.609. The van der Waals surface area contributed by atoms with Gasteiger partial charge in [-0.05, 0) is 49.7 Å². The highest BCUT2D eigenvalue weighted by Gasteiger charge is 2.18. The molecule has 0 radical (unpaired) electrons. The number of unbranched alkanes of at least 4 members (excludes halogenated alkanes) is 1. The molecule has 3 aromatic rings. The summed E-state index contributed by atoms with van der Waals surface area (Å²) in [4.78, 5) is 17.0. The number of para-hydroxylation sites is 2. The highest BCUT2D eigenvalue weighted by Crippen LogP contribution is 2.21. The average molecular weight is 386 g/mol. The number of halogens is 1. The minimum atomic E-state index is -0.212. The van der Waals surface area contributed by atoms with Crippen LogP contribution in [0.2, 0.25) is 5.02 Å². The van der Waals surface area contributed by atoms with Crippen LogP contribution in [0.4, 0.5) is 0 Å². The van der Waals surface area contributed by atoms with E-state index in [2.05, 4.69) is 22.9 Å². The summed E-state index contributed by atoms with van der Waals surface area (Å²) in [5.74, 6) is 1.29. The number of benzene rings is 2. The lowest BCUT2D eigenvalue weighted by Gasteiger charge is -2.16. The first kappa shape index (κ1) is 19.2. The van der Waals surface area contributed by atoms with E-state index >= 15 is 0 Å². The largest absolute Gasteiger partial charge is 0.484 e. The molecule has 1 atom stereocenters. The number of rotatable bonds is 8. The van der Waals surface area contributed by atoms with Gasteiger partial charge in [0.25, 0.3) is 5.91 Å². The SMILES string of the molecule is CCCCn1c(C(C)NC(=O)COc2ccc(Cl)cc2)nc2ccccc21. The van der Waals surface area contributed by atoms with Crippen molar-refractivity contribution in [2.24, 2.45) is 0 Å². The van der Waals surface area contributed by atoms with Crippen molar-refractivity contribution >= 4 is 28.5 Å². The van der Waals surface area contributed by atoms with Gasteiger partial charge >= 0.3 is 0 Å². The van der Waals surface area contributed by atoms with Crippen molar-refractivity contribution in [3.8, 4) is 5.75 Å². The van der Waals surface area contributed by atoms with Crippen molar-refractivity contribution in [2.75, 3.05) is 6.61 Å². The summed E-state index contributed by atoms with van der Waals surface area (Å²) in [5, 5.41) is 3.61. The molecule has 6 heteroatoms. The van der Waals surface area contributed by atoms with Crippen LogP contribution >= 0.6 is 11.6 Å². The zero-order chi connectivity index (χ0) is 19.2. The molecule has 1 N–H and O–H groups in total. The number of aryl methyl sites for hydroxylation is 1.